The highest BCUT2D eigenvalue weighted by atomic mass is 16.3. The van der Waals surface area contributed by atoms with Crippen LogP contribution in [0.2, 0.25) is 0 Å². The van der Waals surface area contributed by atoms with E-state index in [1.807, 2.05) is 16.9 Å². The Hall–Kier alpha value is -2.90. The molecule has 8 nitrogen and oxygen atoms in total. The number of carbonyl (C=O) groups excluding carboxylic acids is 1. The molecule has 1 N–H and O–H groups in total. The van der Waals surface area contributed by atoms with Crippen molar-refractivity contribution in [2.45, 2.75) is 24.8 Å². The van der Waals surface area contributed by atoms with Gasteiger partial charge in [0.2, 0.25) is 0 Å². The summed E-state index contributed by atoms with van der Waals surface area (Å²) >= 11 is 0. The van der Waals surface area contributed by atoms with Gasteiger partial charge in [0, 0.05) is 31.3 Å². The molecule has 1 saturated carbocycles. The van der Waals surface area contributed by atoms with Crippen molar-refractivity contribution in [1.29, 1.82) is 0 Å². The summed E-state index contributed by atoms with van der Waals surface area (Å²) in [7, 11) is 0. The van der Waals surface area contributed by atoms with Crippen molar-refractivity contribution in [3.63, 3.8) is 0 Å². The Kier molecular flexibility index (Phi) is 2.85. The lowest BCUT2D eigenvalue weighted by molar-refractivity contribution is 0.0492. The lowest BCUT2D eigenvalue weighted by Crippen LogP contribution is -2.51. The first-order valence-electron chi connectivity index (χ1n) is 8.08. The van der Waals surface area contributed by atoms with E-state index in [0.717, 1.165) is 5.69 Å². The lowest BCUT2D eigenvalue weighted by atomic mass is 10.1. The van der Waals surface area contributed by atoms with Crippen molar-refractivity contribution in [1.82, 2.24) is 30.1 Å². The van der Waals surface area contributed by atoms with E-state index in [-0.39, 0.29) is 11.9 Å². The van der Waals surface area contributed by atoms with E-state index >= 15 is 0 Å². The molecule has 2 aliphatic rings. The molecule has 24 heavy (non-hydrogen) atoms. The Morgan fingerprint density at radius 2 is 2.21 bits per heavy atom. The summed E-state index contributed by atoms with van der Waals surface area (Å²) in [5, 5.41) is 15.4. The fourth-order valence-corrected chi connectivity index (χ4v) is 2.97. The third-order valence-corrected chi connectivity index (χ3v) is 4.63. The second kappa shape index (κ2) is 5.05. The molecule has 2 fully saturated rings. The second-order valence-corrected chi connectivity index (χ2v) is 6.41. The third-order valence-electron chi connectivity index (χ3n) is 4.63. The molecule has 0 unspecified atom stereocenters. The monoisotopic (exact) mass is 324 g/mol. The van der Waals surface area contributed by atoms with Crippen LogP contribution in [0.5, 0.6) is 0 Å². The van der Waals surface area contributed by atoms with Crippen LogP contribution < -0.4 is 0 Å². The molecule has 1 aliphatic heterocycles. The minimum atomic E-state index is -0.0807. The van der Waals surface area contributed by atoms with Gasteiger partial charge in [-0.15, -0.1) is 5.10 Å². The number of hydrogen-bond donors (Lipinski definition) is 1. The highest BCUT2D eigenvalue weighted by Gasteiger charge is 2.35. The molecular formula is C16H16N6O2. The minimum absolute atomic E-state index is 0.0807. The van der Waals surface area contributed by atoms with Crippen LogP contribution in [0, 0.1) is 0 Å². The Morgan fingerprint density at radius 3 is 2.96 bits per heavy atom. The molecule has 5 rings (SSSR count). The smallest absolute Gasteiger partial charge is 0.274 e. The van der Waals surface area contributed by atoms with E-state index in [2.05, 4.69) is 20.5 Å². The molecule has 4 heterocycles. The van der Waals surface area contributed by atoms with E-state index in [1.165, 1.54) is 12.8 Å². The van der Waals surface area contributed by atoms with Crippen LogP contribution in [0.1, 0.15) is 41.0 Å². The molecule has 8 heteroatoms. The van der Waals surface area contributed by atoms with E-state index in [4.69, 9.17) is 4.42 Å². The summed E-state index contributed by atoms with van der Waals surface area (Å²) in [5.41, 5.74) is 2.18. The highest BCUT2D eigenvalue weighted by Crippen LogP contribution is 2.39. The fourth-order valence-electron chi connectivity index (χ4n) is 2.97. The summed E-state index contributed by atoms with van der Waals surface area (Å²) in [6.07, 6.45) is 6.04. The SMILES string of the molecule is O=C(c1cc(-c2ccco2)[nH]n1)N1CC(n2cc(C3CC3)nn2)C1. The van der Waals surface area contributed by atoms with E-state index < -0.39 is 0 Å². The first-order chi connectivity index (χ1) is 11.8. The topological polar surface area (TPSA) is 92.8 Å². The largest absolute Gasteiger partial charge is 0.463 e. The summed E-state index contributed by atoms with van der Waals surface area (Å²) in [5.74, 6) is 1.18. The maximum Gasteiger partial charge on any atom is 0.274 e. The number of likely N-dealkylation sites (tertiary alicyclic amines) is 1. The second-order valence-electron chi connectivity index (χ2n) is 6.41. The summed E-state index contributed by atoms with van der Waals surface area (Å²) in [4.78, 5) is 14.2. The first kappa shape index (κ1) is 13.5. The van der Waals surface area contributed by atoms with Gasteiger partial charge in [-0.25, -0.2) is 4.68 Å². The van der Waals surface area contributed by atoms with Gasteiger partial charge in [-0.1, -0.05) is 5.21 Å². The van der Waals surface area contributed by atoms with Gasteiger partial charge in [0.05, 0.1) is 18.0 Å². The maximum atomic E-state index is 12.5. The minimum Gasteiger partial charge on any atom is -0.463 e. The van der Waals surface area contributed by atoms with Crippen molar-refractivity contribution in [2.75, 3.05) is 13.1 Å². The average molecular weight is 324 g/mol. The molecule has 0 spiro atoms. The molecule has 1 amide bonds. The molecule has 0 radical (unpaired) electrons. The van der Waals surface area contributed by atoms with Gasteiger partial charge in [0.15, 0.2) is 11.5 Å². The van der Waals surface area contributed by atoms with Crippen LogP contribution in [0.25, 0.3) is 11.5 Å². The number of aromatic nitrogens is 5. The van der Waals surface area contributed by atoms with Crippen LogP contribution in [0.3, 0.4) is 0 Å². The number of nitrogens with one attached hydrogen (secondary N) is 1. The van der Waals surface area contributed by atoms with E-state index in [0.29, 0.717) is 36.2 Å². The Balaban J connectivity index is 1.24. The molecule has 0 atom stereocenters. The molecule has 3 aromatic heterocycles. The maximum absolute atomic E-state index is 12.5. The van der Waals surface area contributed by atoms with Gasteiger partial charge >= 0.3 is 0 Å². The van der Waals surface area contributed by atoms with Crippen molar-refractivity contribution in [3.05, 3.63) is 42.0 Å². The predicted octanol–water partition coefficient (Wildman–Crippen LogP) is 1.84. The number of H-pyrrole nitrogens is 1. The molecule has 1 aliphatic carbocycles. The number of furan rings is 1. The zero-order chi connectivity index (χ0) is 16.1. The molecule has 3 aromatic rings. The Morgan fingerprint density at radius 1 is 1.33 bits per heavy atom. The number of hydrogen-bond acceptors (Lipinski definition) is 5. The van der Waals surface area contributed by atoms with Gasteiger partial charge in [-0.2, -0.15) is 5.10 Å². The standard InChI is InChI=1S/C16H16N6O2/c23-16(13-6-12(17-18-13)15-2-1-5-24-15)21-7-11(8-21)22-9-14(19-20-22)10-3-4-10/h1-2,5-6,9-11H,3-4,7-8H2,(H,17,18). The van der Waals surface area contributed by atoms with Crippen molar-refractivity contribution >= 4 is 5.91 Å². The van der Waals surface area contributed by atoms with Crippen LogP contribution in [0.15, 0.2) is 35.1 Å². The zero-order valence-corrected chi connectivity index (χ0v) is 12.9. The van der Waals surface area contributed by atoms with Crippen molar-refractivity contribution in [2.24, 2.45) is 0 Å². The van der Waals surface area contributed by atoms with Gasteiger partial charge in [0.1, 0.15) is 5.69 Å². The van der Waals surface area contributed by atoms with Gasteiger partial charge in [0.25, 0.3) is 5.91 Å². The lowest BCUT2D eigenvalue weighted by Gasteiger charge is -2.38. The quantitative estimate of drug-likeness (QED) is 0.790. The molecule has 0 aromatic carbocycles. The van der Waals surface area contributed by atoms with E-state index in [9.17, 15) is 4.79 Å². The Bertz CT molecular complexity index is 870. The number of aromatic amines is 1. The third kappa shape index (κ3) is 2.22. The molecule has 1 saturated heterocycles. The van der Waals surface area contributed by atoms with Gasteiger partial charge in [-0.3, -0.25) is 9.89 Å². The number of carbonyl (C=O) groups is 1. The number of nitrogens with zero attached hydrogens (tertiary/aromatic N) is 5. The highest BCUT2D eigenvalue weighted by molar-refractivity contribution is 5.93. The van der Waals surface area contributed by atoms with Crippen molar-refractivity contribution < 1.29 is 9.21 Å². The summed E-state index contributed by atoms with van der Waals surface area (Å²) in [6.45, 7) is 1.27. The van der Waals surface area contributed by atoms with E-state index in [1.54, 1.807) is 23.3 Å². The Labute approximate surface area is 137 Å². The predicted molar refractivity (Wildman–Crippen MR) is 83.2 cm³/mol. The summed E-state index contributed by atoms with van der Waals surface area (Å²) < 4.78 is 7.19. The van der Waals surface area contributed by atoms with Gasteiger partial charge < -0.3 is 9.32 Å². The first-order valence-corrected chi connectivity index (χ1v) is 8.08. The summed E-state index contributed by atoms with van der Waals surface area (Å²) in [6, 6.07) is 5.54. The molecular weight excluding hydrogens is 308 g/mol. The zero-order valence-electron chi connectivity index (χ0n) is 12.9. The normalized spacial score (nSPS) is 17.9. The molecule has 122 valence electrons. The van der Waals surface area contributed by atoms with Gasteiger partial charge in [-0.05, 0) is 25.0 Å². The fraction of sp³-hybridized carbons (Fsp3) is 0.375. The number of amides is 1. The molecule has 0 bridgehead atoms. The van der Waals surface area contributed by atoms with Crippen LogP contribution in [0.4, 0.5) is 0 Å². The van der Waals surface area contributed by atoms with Crippen LogP contribution in [-0.4, -0.2) is 49.1 Å². The average Bonchev–Trinajstić information content (AvgIpc) is 3.02. The van der Waals surface area contributed by atoms with Crippen molar-refractivity contribution in [3.8, 4) is 11.5 Å². The number of rotatable bonds is 4. The van der Waals surface area contributed by atoms with Crippen LogP contribution >= 0.6 is 0 Å². The van der Waals surface area contributed by atoms with Crippen LogP contribution in [-0.2, 0) is 0 Å².